The summed E-state index contributed by atoms with van der Waals surface area (Å²) in [4.78, 5) is 25.0. The van der Waals surface area contributed by atoms with Crippen molar-refractivity contribution in [1.29, 1.82) is 0 Å². The molecule has 6 N–H and O–H groups in total. The summed E-state index contributed by atoms with van der Waals surface area (Å²) in [6, 6.07) is 18.4. The van der Waals surface area contributed by atoms with Gasteiger partial charge < -0.3 is 22.1 Å². The molecule has 5 rings (SSSR count). The van der Waals surface area contributed by atoms with Gasteiger partial charge in [0.1, 0.15) is 5.84 Å². The van der Waals surface area contributed by atoms with E-state index in [1.807, 2.05) is 36.4 Å². The second-order valence-electron chi connectivity index (χ2n) is 11.0. The number of rotatable bonds is 7. The molecule has 3 aromatic rings. The Kier molecular flexibility index (Phi) is 8.67. The maximum absolute atomic E-state index is 12.5. The van der Waals surface area contributed by atoms with Gasteiger partial charge in [-0.25, -0.2) is 0 Å². The number of amidine groups is 1. The Bertz CT molecular complexity index is 1470. The highest BCUT2D eigenvalue weighted by molar-refractivity contribution is 6.03. The smallest absolute Gasteiger partial charge is 0.229 e. The van der Waals surface area contributed by atoms with Gasteiger partial charge in [-0.05, 0) is 66.8 Å². The van der Waals surface area contributed by atoms with Crippen molar-refractivity contribution in [3.8, 4) is 0 Å². The van der Waals surface area contributed by atoms with Crippen molar-refractivity contribution in [3.63, 3.8) is 0 Å². The lowest BCUT2D eigenvalue weighted by atomic mass is 9.74. The van der Waals surface area contributed by atoms with E-state index in [2.05, 4.69) is 38.0 Å². The maximum atomic E-state index is 12.5. The van der Waals surface area contributed by atoms with Gasteiger partial charge in [-0.3, -0.25) is 9.59 Å². The molecule has 1 fully saturated rings. The Morgan fingerprint density at radius 1 is 0.829 bits per heavy atom. The van der Waals surface area contributed by atoms with Gasteiger partial charge in [0.15, 0.2) is 5.82 Å². The van der Waals surface area contributed by atoms with Crippen LogP contribution >= 0.6 is 0 Å². The van der Waals surface area contributed by atoms with Crippen LogP contribution < -0.4 is 22.1 Å². The van der Waals surface area contributed by atoms with E-state index in [1.54, 1.807) is 24.3 Å². The Morgan fingerprint density at radius 2 is 1.49 bits per heavy atom. The summed E-state index contributed by atoms with van der Waals surface area (Å²) < 4.78 is 0. The molecule has 0 spiro atoms. The summed E-state index contributed by atoms with van der Waals surface area (Å²) in [6.45, 7) is 2.14. The molecule has 2 aliphatic rings. The average molecular weight is 553 g/mol. The number of benzene rings is 2. The van der Waals surface area contributed by atoms with Crippen LogP contribution in [-0.4, -0.2) is 33.6 Å². The van der Waals surface area contributed by atoms with Crippen LogP contribution in [0.2, 0.25) is 0 Å². The number of hydrogen-bond donors (Lipinski definition) is 4. The number of nitrogen functional groups attached to an aromatic ring is 2. The fraction of sp³-hybridized carbons (Fsp3) is 0.355. The lowest BCUT2D eigenvalue weighted by Crippen LogP contribution is -2.37. The SMILES string of the molecule is CC1CC(NC(=O)Cc2cccc(N)c2)=NN=C1[C@H]1CCC[C@H](c2ccc(NC(=O)Cc3cccc(N)c3)nn2)C1. The van der Waals surface area contributed by atoms with Crippen molar-refractivity contribution in [3.05, 3.63) is 77.5 Å². The van der Waals surface area contributed by atoms with Crippen LogP contribution in [-0.2, 0) is 22.4 Å². The molecular weight excluding hydrogens is 516 g/mol. The number of nitrogens with zero attached hydrogens (tertiary/aromatic N) is 4. The molecule has 0 saturated heterocycles. The lowest BCUT2D eigenvalue weighted by Gasteiger charge is -2.32. The van der Waals surface area contributed by atoms with E-state index in [4.69, 9.17) is 11.5 Å². The third kappa shape index (κ3) is 7.53. The Balaban J connectivity index is 1.16. The predicted molar refractivity (Wildman–Crippen MR) is 161 cm³/mol. The number of carbonyl (C=O) groups is 2. The number of nitrogens with one attached hydrogen (secondary N) is 2. The molecule has 0 bridgehead atoms. The molecule has 0 radical (unpaired) electrons. The predicted octanol–water partition coefficient (Wildman–Crippen LogP) is 4.25. The van der Waals surface area contributed by atoms with Crippen molar-refractivity contribution >= 4 is 40.6 Å². The van der Waals surface area contributed by atoms with Crippen LogP contribution in [0.5, 0.6) is 0 Å². The molecule has 2 heterocycles. The molecule has 1 unspecified atom stereocenters. The Hall–Kier alpha value is -4.60. The van der Waals surface area contributed by atoms with E-state index in [9.17, 15) is 9.59 Å². The normalized spacial score (nSPS) is 20.5. The molecule has 212 valence electrons. The monoisotopic (exact) mass is 552 g/mol. The maximum Gasteiger partial charge on any atom is 0.229 e. The van der Waals surface area contributed by atoms with Gasteiger partial charge >= 0.3 is 0 Å². The molecule has 1 aromatic heterocycles. The van der Waals surface area contributed by atoms with Crippen molar-refractivity contribution in [2.75, 3.05) is 16.8 Å². The summed E-state index contributed by atoms with van der Waals surface area (Å²) in [5, 5.41) is 23.4. The lowest BCUT2D eigenvalue weighted by molar-refractivity contribution is -0.119. The van der Waals surface area contributed by atoms with Crippen molar-refractivity contribution in [2.45, 2.75) is 57.8 Å². The topological polar surface area (TPSA) is 161 Å². The molecule has 1 aliphatic carbocycles. The minimum absolute atomic E-state index is 0.124. The molecule has 10 nitrogen and oxygen atoms in total. The number of hydrogen-bond acceptors (Lipinski definition) is 8. The second kappa shape index (κ2) is 12.7. The first-order valence-electron chi connectivity index (χ1n) is 14.1. The first-order chi connectivity index (χ1) is 19.8. The third-order valence-electron chi connectivity index (χ3n) is 7.67. The summed E-state index contributed by atoms with van der Waals surface area (Å²) in [5.41, 5.74) is 16.6. The standard InChI is InChI=1S/C31H36N8O2/c1-19-13-28(35-30(41)17-21-6-3-10-25(33)15-21)38-39-31(19)23-8-4-7-22(18-23)26-11-12-27(37-36-26)34-29(40)16-20-5-2-9-24(32)14-20/h2-3,5-6,9-12,14-15,19,22-23H,4,7-8,13,16-18,32-33H2,1H3,(H,34,37,40)(H,35,38,41)/t19?,22-,23-/m0/s1. The van der Waals surface area contributed by atoms with Crippen LogP contribution in [0.15, 0.2) is 70.9 Å². The number of aromatic nitrogens is 2. The third-order valence-corrected chi connectivity index (χ3v) is 7.67. The highest BCUT2D eigenvalue weighted by Crippen LogP contribution is 2.38. The first kappa shape index (κ1) is 27.9. The van der Waals surface area contributed by atoms with E-state index in [0.717, 1.165) is 48.2 Å². The van der Waals surface area contributed by atoms with Gasteiger partial charge in [-0.1, -0.05) is 37.6 Å². The molecule has 1 saturated carbocycles. The Morgan fingerprint density at radius 3 is 2.10 bits per heavy atom. The van der Waals surface area contributed by atoms with E-state index in [1.165, 1.54) is 0 Å². The zero-order chi connectivity index (χ0) is 28.8. The Labute approximate surface area is 239 Å². The largest absolute Gasteiger partial charge is 0.399 e. The molecule has 41 heavy (non-hydrogen) atoms. The van der Waals surface area contributed by atoms with E-state index in [0.29, 0.717) is 35.4 Å². The molecule has 10 heteroatoms. The van der Waals surface area contributed by atoms with Crippen LogP contribution in [0.1, 0.15) is 61.8 Å². The zero-order valence-electron chi connectivity index (χ0n) is 23.2. The molecule has 2 aromatic carbocycles. The minimum Gasteiger partial charge on any atom is -0.399 e. The van der Waals surface area contributed by atoms with Crippen molar-refractivity contribution < 1.29 is 9.59 Å². The minimum atomic E-state index is -0.166. The molecule has 1 aliphatic heterocycles. The van der Waals surface area contributed by atoms with E-state index in [-0.39, 0.29) is 36.5 Å². The second-order valence-corrected chi connectivity index (χ2v) is 11.0. The number of anilines is 3. The fourth-order valence-corrected chi connectivity index (χ4v) is 5.74. The summed E-state index contributed by atoms with van der Waals surface area (Å²) >= 11 is 0. The summed E-state index contributed by atoms with van der Waals surface area (Å²) in [7, 11) is 0. The molecule has 2 amide bonds. The van der Waals surface area contributed by atoms with Gasteiger partial charge in [0, 0.05) is 41.3 Å². The number of amides is 2. The van der Waals surface area contributed by atoms with Gasteiger partial charge in [0.25, 0.3) is 0 Å². The van der Waals surface area contributed by atoms with Gasteiger partial charge in [-0.15, -0.1) is 10.2 Å². The van der Waals surface area contributed by atoms with Crippen LogP contribution in [0.3, 0.4) is 0 Å². The van der Waals surface area contributed by atoms with Crippen molar-refractivity contribution in [1.82, 2.24) is 15.5 Å². The first-order valence-corrected chi connectivity index (χ1v) is 14.1. The number of carbonyl (C=O) groups excluding carboxylic acids is 2. The van der Waals surface area contributed by atoms with E-state index >= 15 is 0 Å². The molecular formula is C31H36N8O2. The summed E-state index contributed by atoms with van der Waals surface area (Å²) in [5.74, 6) is 1.49. The quantitative estimate of drug-likeness (QED) is 0.321. The van der Waals surface area contributed by atoms with Gasteiger partial charge in [0.05, 0.1) is 18.5 Å². The average Bonchev–Trinajstić information content (AvgIpc) is 2.93. The van der Waals surface area contributed by atoms with Crippen LogP contribution in [0, 0.1) is 11.8 Å². The highest BCUT2D eigenvalue weighted by atomic mass is 16.2. The molecule has 3 atom stereocenters. The summed E-state index contributed by atoms with van der Waals surface area (Å²) in [6.07, 6.45) is 5.17. The van der Waals surface area contributed by atoms with Crippen LogP contribution in [0.25, 0.3) is 0 Å². The zero-order valence-corrected chi connectivity index (χ0v) is 23.2. The van der Waals surface area contributed by atoms with Gasteiger partial charge in [-0.2, -0.15) is 10.2 Å². The highest BCUT2D eigenvalue weighted by Gasteiger charge is 2.32. The van der Waals surface area contributed by atoms with Crippen LogP contribution in [0.4, 0.5) is 17.2 Å². The number of nitrogens with two attached hydrogens (primary N) is 2. The fourth-order valence-electron chi connectivity index (χ4n) is 5.74. The van der Waals surface area contributed by atoms with E-state index < -0.39 is 0 Å². The van der Waals surface area contributed by atoms with Crippen molar-refractivity contribution in [2.24, 2.45) is 22.0 Å². The van der Waals surface area contributed by atoms with Gasteiger partial charge in [0.2, 0.25) is 11.8 Å².